The van der Waals surface area contributed by atoms with Gasteiger partial charge >= 0.3 is 0 Å². The van der Waals surface area contributed by atoms with Crippen molar-refractivity contribution >= 4 is 0 Å². The molecule has 4 rings (SSSR count). The molecule has 0 aromatic carbocycles. The van der Waals surface area contributed by atoms with Gasteiger partial charge in [0.2, 0.25) is 0 Å². The van der Waals surface area contributed by atoms with Gasteiger partial charge in [-0.2, -0.15) is 0 Å². The number of rotatable bonds is 5. The maximum Gasteiger partial charge on any atom is 0.0543 e. The topological polar surface area (TPSA) is 20.2 Å². The highest BCUT2D eigenvalue weighted by molar-refractivity contribution is 5.31. The number of fused-ring (bicyclic) bond motifs is 5. The fraction of sp³-hybridized carbons (Fsp3) is 0.862. The van der Waals surface area contributed by atoms with Crippen molar-refractivity contribution in [3.8, 4) is 0 Å². The van der Waals surface area contributed by atoms with Crippen LogP contribution in [0.2, 0.25) is 0 Å². The molecule has 3 fully saturated rings. The fourth-order valence-electron chi connectivity index (χ4n) is 8.73. The molecule has 1 nitrogen and oxygen atoms in total. The Bertz CT molecular complexity index is 703. The summed E-state index contributed by atoms with van der Waals surface area (Å²) in [5.74, 6) is 3.73. The van der Waals surface area contributed by atoms with Crippen LogP contribution in [0.3, 0.4) is 0 Å². The molecule has 0 amide bonds. The molecule has 1 unspecified atom stereocenters. The van der Waals surface area contributed by atoms with E-state index in [0.29, 0.717) is 28.1 Å². The van der Waals surface area contributed by atoms with Crippen molar-refractivity contribution in [2.45, 2.75) is 112 Å². The van der Waals surface area contributed by atoms with E-state index in [1.807, 2.05) is 5.57 Å². The van der Waals surface area contributed by atoms with Crippen molar-refractivity contribution in [2.24, 2.45) is 45.8 Å². The third-order valence-corrected chi connectivity index (χ3v) is 11.3. The first-order chi connectivity index (χ1) is 14.0. The molecule has 170 valence electrons. The van der Waals surface area contributed by atoms with Crippen LogP contribution in [0.4, 0.5) is 0 Å². The maximum atomic E-state index is 10.3. The highest BCUT2D eigenvalue weighted by atomic mass is 16.3. The van der Waals surface area contributed by atoms with Crippen LogP contribution in [0.1, 0.15) is 106 Å². The Morgan fingerprint density at radius 2 is 1.80 bits per heavy atom. The smallest absolute Gasteiger partial charge is 0.0543 e. The van der Waals surface area contributed by atoms with Gasteiger partial charge in [0.1, 0.15) is 0 Å². The van der Waals surface area contributed by atoms with Crippen molar-refractivity contribution in [2.75, 3.05) is 0 Å². The fourth-order valence-corrected chi connectivity index (χ4v) is 8.73. The van der Waals surface area contributed by atoms with Crippen molar-refractivity contribution in [3.63, 3.8) is 0 Å². The summed E-state index contributed by atoms with van der Waals surface area (Å²) in [4.78, 5) is 0. The van der Waals surface area contributed by atoms with Crippen LogP contribution in [0.25, 0.3) is 0 Å². The van der Waals surface area contributed by atoms with Crippen LogP contribution in [0, 0.1) is 45.8 Å². The largest absolute Gasteiger partial charge is 0.393 e. The Hall–Kier alpha value is -0.560. The summed E-state index contributed by atoms with van der Waals surface area (Å²) in [7, 11) is 0. The Labute approximate surface area is 186 Å². The van der Waals surface area contributed by atoms with Crippen LogP contribution < -0.4 is 0 Å². The van der Waals surface area contributed by atoms with E-state index in [9.17, 15) is 5.11 Å². The number of aliphatic hydroxyl groups excluding tert-OH is 1. The van der Waals surface area contributed by atoms with Crippen molar-refractivity contribution in [3.05, 3.63) is 23.8 Å². The van der Waals surface area contributed by atoms with Gasteiger partial charge in [0.25, 0.3) is 0 Å². The summed E-state index contributed by atoms with van der Waals surface area (Å²) in [6.45, 7) is 19.3. The molecule has 0 saturated heterocycles. The van der Waals surface area contributed by atoms with Crippen LogP contribution >= 0.6 is 0 Å². The number of aliphatic hydroxyl groups is 1. The van der Waals surface area contributed by atoms with Crippen LogP contribution in [0.15, 0.2) is 23.8 Å². The molecule has 0 bridgehead atoms. The van der Waals surface area contributed by atoms with Gasteiger partial charge in [0.05, 0.1) is 6.10 Å². The summed E-state index contributed by atoms with van der Waals surface area (Å²) in [6.07, 6.45) is 15.2. The molecule has 0 radical (unpaired) electrons. The lowest BCUT2D eigenvalue weighted by Gasteiger charge is -2.61. The first-order valence-corrected chi connectivity index (χ1v) is 13.1. The van der Waals surface area contributed by atoms with Crippen LogP contribution in [-0.2, 0) is 0 Å². The molecule has 3 saturated carbocycles. The summed E-state index contributed by atoms with van der Waals surface area (Å²) in [5, 5.41) is 10.3. The second kappa shape index (κ2) is 7.79. The first-order valence-electron chi connectivity index (χ1n) is 13.1. The van der Waals surface area contributed by atoms with E-state index in [1.54, 1.807) is 0 Å². The minimum Gasteiger partial charge on any atom is -0.393 e. The molecule has 4 aliphatic rings. The van der Waals surface area contributed by atoms with Gasteiger partial charge in [-0.05, 0) is 110 Å². The third kappa shape index (κ3) is 3.28. The normalized spacial score (nSPS) is 46.6. The molecular formula is C29H48O. The highest BCUT2D eigenvalue weighted by Crippen LogP contribution is 2.71. The molecule has 0 aliphatic heterocycles. The van der Waals surface area contributed by atoms with Gasteiger partial charge in [-0.3, -0.25) is 0 Å². The monoisotopic (exact) mass is 412 g/mol. The summed E-state index contributed by atoms with van der Waals surface area (Å²) in [6, 6.07) is 0. The van der Waals surface area contributed by atoms with Crippen molar-refractivity contribution in [1.29, 1.82) is 0 Å². The lowest BCUT2D eigenvalue weighted by molar-refractivity contribution is -0.0559. The molecule has 0 aromatic rings. The zero-order chi connectivity index (χ0) is 21.9. The van der Waals surface area contributed by atoms with E-state index in [4.69, 9.17) is 0 Å². The maximum absolute atomic E-state index is 10.3. The van der Waals surface area contributed by atoms with Gasteiger partial charge in [0.15, 0.2) is 0 Å². The van der Waals surface area contributed by atoms with Gasteiger partial charge in [-0.15, -0.1) is 0 Å². The van der Waals surface area contributed by atoms with Crippen molar-refractivity contribution in [1.82, 2.24) is 0 Å². The SMILES string of the molecule is C=C(CC[C@@H](C)[C@H]1CC[C@@]2(C)[C@@H]3CCC4C[C@@H](O)CC[C@]4(C)C3=CC[C@]12C)C(C)C. The minimum atomic E-state index is -0.0537. The molecule has 0 heterocycles. The summed E-state index contributed by atoms with van der Waals surface area (Å²) in [5.41, 5.74) is 4.49. The van der Waals surface area contributed by atoms with E-state index >= 15 is 0 Å². The zero-order valence-corrected chi connectivity index (χ0v) is 20.8. The number of hydrogen-bond acceptors (Lipinski definition) is 1. The van der Waals surface area contributed by atoms with Gasteiger partial charge < -0.3 is 5.11 Å². The molecule has 30 heavy (non-hydrogen) atoms. The molecule has 4 aliphatic carbocycles. The van der Waals surface area contributed by atoms with E-state index in [2.05, 4.69) is 54.2 Å². The molecule has 8 atom stereocenters. The summed E-state index contributed by atoms with van der Waals surface area (Å²) < 4.78 is 0. The second-order valence-corrected chi connectivity index (χ2v) is 12.8. The van der Waals surface area contributed by atoms with E-state index in [1.165, 1.54) is 56.9 Å². The van der Waals surface area contributed by atoms with E-state index in [0.717, 1.165) is 30.6 Å². The zero-order valence-electron chi connectivity index (χ0n) is 20.8. The Kier molecular flexibility index (Phi) is 5.87. The highest BCUT2D eigenvalue weighted by Gasteiger charge is 2.63. The quantitative estimate of drug-likeness (QED) is 0.454. The Morgan fingerprint density at radius 3 is 2.50 bits per heavy atom. The number of hydrogen-bond donors (Lipinski definition) is 1. The molecule has 1 heteroatoms. The molecule has 0 aromatic heterocycles. The average molecular weight is 413 g/mol. The Morgan fingerprint density at radius 1 is 1.07 bits per heavy atom. The van der Waals surface area contributed by atoms with Crippen LogP contribution in [0.5, 0.6) is 0 Å². The third-order valence-electron chi connectivity index (χ3n) is 11.3. The lowest BCUT2D eigenvalue weighted by Crippen LogP contribution is -2.53. The van der Waals surface area contributed by atoms with Gasteiger partial charge in [-0.25, -0.2) is 0 Å². The first kappa shape index (κ1) is 22.6. The second-order valence-electron chi connectivity index (χ2n) is 12.8. The molecular weight excluding hydrogens is 364 g/mol. The predicted octanol–water partition coefficient (Wildman–Crippen LogP) is 7.94. The van der Waals surface area contributed by atoms with Crippen LogP contribution in [-0.4, -0.2) is 11.2 Å². The molecule has 0 spiro atoms. The van der Waals surface area contributed by atoms with Gasteiger partial charge in [-0.1, -0.05) is 65.3 Å². The van der Waals surface area contributed by atoms with Gasteiger partial charge in [0, 0.05) is 0 Å². The lowest BCUT2D eigenvalue weighted by atomic mass is 9.44. The predicted molar refractivity (Wildman–Crippen MR) is 128 cm³/mol. The minimum absolute atomic E-state index is 0.0537. The van der Waals surface area contributed by atoms with E-state index < -0.39 is 0 Å². The summed E-state index contributed by atoms with van der Waals surface area (Å²) >= 11 is 0. The average Bonchev–Trinajstić information content (AvgIpc) is 2.97. The van der Waals surface area contributed by atoms with Crippen molar-refractivity contribution < 1.29 is 5.11 Å². The van der Waals surface area contributed by atoms with E-state index in [-0.39, 0.29) is 6.10 Å². The number of allylic oxidation sites excluding steroid dienone is 3. The Balaban J connectivity index is 1.57. The standard InChI is InChI=1S/C29H48O/c1-19(2)20(3)8-9-21(4)24-13-16-29(7)26-11-10-22-18-23(30)12-15-27(22,5)25(26)14-17-28(24,29)6/h14,19,21-24,26,30H,3,8-13,15-18H2,1-2,4-7H3/t21-,22?,23+,24-,26-,27+,28-,29+/m1/s1. The molecule has 1 N–H and O–H groups in total.